The van der Waals surface area contributed by atoms with Crippen LogP contribution in [0.25, 0.3) is 0 Å². The third kappa shape index (κ3) is 1.72. The average Bonchev–Trinajstić information content (AvgIpc) is 1.65. The van der Waals surface area contributed by atoms with E-state index in [-0.39, 0.29) is 6.42 Å². The van der Waals surface area contributed by atoms with Crippen molar-refractivity contribution in [2.75, 3.05) is 0 Å². The van der Waals surface area contributed by atoms with Crippen LogP contribution in [0.3, 0.4) is 0 Å². The van der Waals surface area contributed by atoms with Gasteiger partial charge in [-0.05, 0) is 6.92 Å². The van der Waals surface area contributed by atoms with Crippen LogP contribution in [0, 0.1) is 6.92 Å². The van der Waals surface area contributed by atoms with E-state index >= 15 is 0 Å². The van der Waals surface area contributed by atoms with Crippen molar-refractivity contribution in [1.82, 2.24) is 5.48 Å². The predicted octanol–water partition coefficient (Wildman–Crippen LogP) is -0.328. The quantitative estimate of drug-likeness (QED) is 0.437. The molecule has 0 heterocycles. The van der Waals surface area contributed by atoms with Gasteiger partial charge in [0.2, 0.25) is 5.91 Å². The third-order valence-corrected chi connectivity index (χ3v) is 0.341. The van der Waals surface area contributed by atoms with Gasteiger partial charge in [-0.15, -0.1) is 0 Å². The maximum Gasteiger partial charge on any atom is 0.246 e. The molecule has 0 saturated carbocycles. The van der Waals surface area contributed by atoms with E-state index in [0.717, 1.165) is 5.48 Å². The van der Waals surface area contributed by atoms with Crippen LogP contribution in [0.15, 0.2) is 0 Å². The zero-order valence-corrected chi connectivity index (χ0v) is 3.23. The van der Waals surface area contributed by atoms with E-state index < -0.39 is 5.91 Å². The Labute approximate surface area is 35.9 Å². The molecule has 34 valence electrons. The normalized spacial score (nSPS) is 7.67. The molecule has 0 aliphatic rings. The van der Waals surface area contributed by atoms with Gasteiger partial charge in [0.25, 0.3) is 0 Å². The van der Waals surface area contributed by atoms with Crippen LogP contribution in [0.4, 0.5) is 0 Å². The van der Waals surface area contributed by atoms with Crippen LogP contribution in [-0.2, 0) is 10.0 Å². The Morgan fingerprint density at radius 3 is 2.33 bits per heavy atom. The van der Waals surface area contributed by atoms with Crippen molar-refractivity contribution in [3.05, 3.63) is 6.92 Å². The Morgan fingerprint density at radius 2 is 2.33 bits per heavy atom. The van der Waals surface area contributed by atoms with Crippen LogP contribution in [0.2, 0.25) is 0 Å². The molecular formula is C3H5NO2. The fourth-order valence-corrected chi connectivity index (χ4v) is 0.0510. The van der Waals surface area contributed by atoms with E-state index in [9.17, 15) is 10.0 Å². The van der Waals surface area contributed by atoms with Gasteiger partial charge in [0.1, 0.15) is 0 Å². The summed E-state index contributed by atoms with van der Waals surface area (Å²) >= 11 is 0. The molecule has 6 heavy (non-hydrogen) atoms. The molecule has 1 amide bonds. The molecule has 3 heteroatoms. The summed E-state index contributed by atoms with van der Waals surface area (Å²) in [7, 11) is 0. The molecule has 0 unspecified atom stereocenters. The van der Waals surface area contributed by atoms with Crippen molar-refractivity contribution in [2.24, 2.45) is 0 Å². The Kier molecular flexibility index (Phi) is 2.40. The maximum absolute atomic E-state index is 9.69. The molecule has 0 aliphatic carbocycles. The molecule has 0 aromatic carbocycles. The Morgan fingerprint density at radius 1 is 1.83 bits per heavy atom. The number of carbonyl (C=O) groups is 1. The topological polar surface area (TPSA) is 49.0 Å². The first-order valence-corrected chi connectivity index (χ1v) is 1.51. The number of rotatable bonds is 1. The summed E-state index contributed by atoms with van der Waals surface area (Å²) in [4.78, 5) is 9.69. The first-order valence-electron chi connectivity index (χ1n) is 1.51. The number of amides is 1. The minimum absolute atomic E-state index is 0.0174. The van der Waals surface area contributed by atoms with E-state index in [0.29, 0.717) is 0 Å². The van der Waals surface area contributed by atoms with E-state index in [2.05, 4.69) is 6.92 Å². The lowest BCUT2D eigenvalue weighted by molar-refractivity contribution is -0.132. The van der Waals surface area contributed by atoms with E-state index in [1.807, 2.05) is 0 Å². The maximum atomic E-state index is 9.69. The van der Waals surface area contributed by atoms with Crippen molar-refractivity contribution in [1.29, 1.82) is 0 Å². The smallest absolute Gasteiger partial charge is 0.246 e. The Balaban J connectivity index is 2.99. The van der Waals surface area contributed by atoms with Crippen molar-refractivity contribution >= 4 is 5.91 Å². The van der Waals surface area contributed by atoms with Gasteiger partial charge in [-0.3, -0.25) is 4.79 Å². The summed E-state index contributed by atoms with van der Waals surface area (Å²) in [6.45, 7) is 3.14. The first-order chi connectivity index (χ1) is 2.81. The standard InChI is InChI=1S/C3H5NO2/c1-2-3(5)4-6/h1-2H2,(H,4,5). The Hall–Kier alpha value is -0.570. The summed E-state index contributed by atoms with van der Waals surface area (Å²) in [5.74, 6) is -0.574. The second-order valence-electron chi connectivity index (χ2n) is 0.775. The van der Waals surface area contributed by atoms with Gasteiger partial charge in [-0.2, -0.15) is 0 Å². The van der Waals surface area contributed by atoms with Gasteiger partial charge in [-0.25, -0.2) is 5.48 Å². The van der Waals surface area contributed by atoms with Crippen LogP contribution in [-0.4, -0.2) is 5.91 Å². The molecule has 0 atom stereocenters. The van der Waals surface area contributed by atoms with Gasteiger partial charge in [0.05, 0.1) is 0 Å². The molecule has 0 bridgehead atoms. The predicted molar refractivity (Wildman–Crippen MR) is 18.8 cm³/mol. The van der Waals surface area contributed by atoms with Gasteiger partial charge in [0, 0.05) is 6.42 Å². The SMILES string of the molecule is [CH2]CC(=O)N[O]. The van der Waals surface area contributed by atoms with Gasteiger partial charge in [0.15, 0.2) is 0 Å². The number of hydroxylamine groups is 1. The average molecular weight is 87.1 g/mol. The van der Waals surface area contributed by atoms with Crippen molar-refractivity contribution in [3.63, 3.8) is 0 Å². The molecule has 0 spiro atoms. The van der Waals surface area contributed by atoms with Crippen molar-refractivity contribution in [2.45, 2.75) is 6.42 Å². The second kappa shape index (κ2) is 2.66. The summed E-state index contributed by atoms with van der Waals surface area (Å²) in [6, 6.07) is 0. The van der Waals surface area contributed by atoms with E-state index in [1.54, 1.807) is 0 Å². The lowest BCUT2D eigenvalue weighted by Crippen LogP contribution is -2.14. The lowest BCUT2D eigenvalue weighted by Gasteiger charge is -1.82. The van der Waals surface area contributed by atoms with E-state index in [4.69, 9.17) is 0 Å². The highest BCUT2D eigenvalue weighted by Crippen LogP contribution is 1.67. The molecule has 0 aromatic heterocycles. The molecule has 2 radical (unpaired) electrons. The van der Waals surface area contributed by atoms with Gasteiger partial charge < -0.3 is 0 Å². The number of hydrogen-bond acceptors (Lipinski definition) is 1. The van der Waals surface area contributed by atoms with Gasteiger partial charge in [-0.1, -0.05) is 5.21 Å². The first kappa shape index (κ1) is 5.43. The number of nitrogens with one attached hydrogen (secondary N) is 1. The highest BCUT2D eigenvalue weighted by Gasteiger charge is 1.88. The minimum Gasteiger partial charge on any atom is -0.273 e. The molecule has 0 aromatic rings. The fourth-order valence-electron chi connectivity index (χ4n) is 0.0510. The summed E-state index contributed by atoms with van der Waals surface area (Å²) < 4.78 is 0. The zero-order valence-electron chi connectivity index (χ0n) is 3.23. The van der Waals surface area contributed by atoms with Crippen LogP contribution in [0.5, 0.6) is 0 Å². The monoisotopic (exact) mass is 87.0 g/mol. The van der Waals surface area contributed by atoms with Gasteiger partial charge >= 0.3 is 0 Å². The molecule has 1 N–H and O–H groups in total. The number of carbonyl (C=O) groups excluding carboxylic acids is 1. The van der Waals surface area contributed by atoms with Crippen LogP contribution in [0.1, 0.15) is 6.42 Å². The molecule has 3 nitrogen and oxygen atoms in total. The lowest BCUT2D eigenvalue weighted by atomic mass is 10.5. The Bertz CT molecular complexity index is 46.8. The molecule has 0 fully saturated rings. The second-order valence-corrected chi connectivity index (χ2v) is 0.775. The molecule has 0 aliphatic heterocycles. The molecular weight excluding hydrogens is 82.0 g/mol. The highest BCUT2D eigenvalue weighted by atomic mass is 16.5. The van der Waals surface area contributed by atoms with E-state index in [1.165, 1.54) is 0 Å². The minimum atomic E-state index is -0.574. The number of hydrogen-bond donors (Lipinski definition) is 1. The highest BCUT2D eigenvalue weighted by molar-refractivity contribution is 5.74. The molecule has 0 saturated heterocycles. The van der Waals surface area contributed by atoms with Crippen LogP contribution < -0.4 is 5.48 Å². The van der Waals surface area contributed by atoms with Crippen molar-refractivity contribution < 1.29 is 10.0 Å². The molecule has 0 rings (SSSR count). The zero-order chi connectivity index (χ0) is 4.99. The summed E-state index contributed by atoms with van der Waals surface area (Å²) in [6.07, 6.45) is 0.0174. The third-order valence-electron chi connectivity index (χ3n) is 0.341. The largest absolute Gasteiger partial charge is 0.273 e. The summed E-state index contributed by atoms with van der Waals surface area (Å²) in [5, 5.41) is 9.22. The summed E-state index contributed by atoms with van der Waals surface area (Å²) in [5.41, 5.74) is 1.16. The van der Waals surface area contributed by atoms with Crippen LogP contribution >= 0.6 is 0 Å². The fraction of sp³-hybridized carbons (Fsp3) is 0.333. The van der Waals surface area contributed by atoms with Crippen molar-refractivity contribution in [3.8, 4) is 0 Å².